The highest BCUT2D eigenvalue weighted by molar-refractivity contribution is 5.92. The molecule has 0 bridgehead atoms. The van der Waals surface area contributed by atoms with Crippen molar-refractivity contribution in [2.75, 3.05) is 10.3 Å². The number of nitro groups is 1. The maximum atomic E-state index is 13.5. The van der Waals surface area contributed by atoms with Crippen LogP contribution in [0.3, 0.4) is 0 Å². The van der Waals surface area contributed by atoms with Crippen molar-refractivity contribution in [3.63, 3.8) is 0 Å². The molecule has 7 nitrogen and oxygen atoms in total. The van der Waals surface area contributed by atoms with Crippen molar-refractivity contribution < 1.29 is 9.72 Å². The number of hydrogen-bond acceptors (Lipinski definition) is 5. The Labute approximate surface area is 180 Å². The van der Waals surface area contributed by atoms with Gasteiger partial charge >= 0.3 is 0 Å². The summed E-state index contributed by atoms with van der Waals surface area (Å²) in [4.78, 5) is 26.2. The summed E-state index contributed by atoms with van der Waals surface area (Å²) >= 11 is 0. The van der Waals surface area contributed by atoms with Gasteiger partial charge in [-0.3, -0.25) is 20.3 Å². The van der Waals surface area contributed by atoms with E-state index in [0.717, 1.165) is 29.7 Å². The maximum absolute atomic E-state index is 13.5. The van der Waals surface area contributed by atoms with Gasteiger partial charge in [-0.25, -0.2) is 5.01 Å². The van der Waals surface area contributed by atoms with Gasteiger partial charge in [-0.1, -0.05) is 48.0 Å². The summed E-state index contributed by atoms with van der Waals surface area (Å²) in [6, 6.07) is 22.3. The van der Waals surface area contributed by atoms with Crippen LogP contribution in [0.1, 0.15) is 29.3 Å². The van der Waals surface area contributed by atoms with Gasteiger partial charge in [0.2, 0.25) is 0 Å². The third-order valence-corrected chi connectivity index (χ3v) is 6.03. The maximum Gasteiger partial charge on any atom is 0.269 e. The quantitative estimate of drug-likeness (QED) is 0.499. The van der Waals surface area contributed by atoms with Gasteiger partial charge in [-0.15, -0.1) is 0 Å². The third-order valence-electron chi connectivity index (χ3n) is 6.03. The van der Waals surface area contributed by atoms with E-state index < -0.39 is 4.92 Å². The predicted octanol–water partition coefficient (Wildman–Crippen LogP) is 4.59. The SMILES string of the molecule is Cc1ccc([C@H]2N(Nc3ccc([N+](=O)[O-])cc3)C(=O)C3CCc4ccccc4N32)cc1. The van der Waals surface area contributed by atoms with Crippen molar-refractivity contribution in [2.45, 2.75) is 32.0 Å². The Hall–Kier alpha value is -3.87. The molecule has 3 aromatic carbocycles. The smallest absolute Gasteiger partial charge is 0.269 e. The van der Waals surface area contributed by atoms with Crippen molar-refractivity contribution >= 4 is 23.0 Å². The highest BCUT2D eigenvalue weighted by Crippen LogP contribution is 2.44. The van der Waals surface area contributed by atoms with E-state index >= 15 is 0 Å². The minimum Gasteiger partial charge on any atom is -0.333 e. The Morgan fingerprint density at radius 2 is 1.71 bits per heavy atom. The van der Waals surface area contributed by atoms with Crippen LogP contribution in [0.2, 0.25) is 0 Å². The van der Waals surface area contributed by atoms with Crippen LogP contribution >= 0.6 is 0 Å². The van der Waals surface area contributed by atoms with E-state index in [0.29, 0.717) is 5.69 Å². The molecule has 2 atom stereocenters. The number of non-ortho nitro benzene ring substituents is 1. The fourth-order valence-corrected chi connectivity index (χ4v) is 4.48. The first-order chi connectivity index (χ1) is 15.0. The van der Waals surface area contributed by atoms with E-state index in [2.05, 4.69) is 34.6 Å². The fraction of sp³-hybridized carbons (Fsp3) is 0.208. The molecule has 2 aliphatic heterocycles. The number of amides is 1. The lowest BCUT2D eigenvalue weighted by atomic mass is 9.95. The van der Waals surface area contributed by atoms with Gasteiger partial charge in [-0.05, 0) is 49.1 Å². The van der Waals surface area contributed by atoms with E-state index in [4.69, 9.17) is 0 Å². The van der Waals surface area contributed by atoms with Crippen LogP contribution in [-0.2, 0) is 11.2 Å². The Kier molecular flexibility index (Phi) is 4.58. The molecule has 0 spiro atoms. The molecule has 156 valence electrons. The van der Waals surface area contributed by atoms with Gasteiger partial charge in [0, 0.05) is 17.8 Å². The molecule has 0 aliphatic carbocycles. The molecule has 5 rings (SSSR count). The van der Waals surface area contributed by atoms with Crippen LogP contribution in [0.15, 0.2) is 72.8 Å². The van der Waals surface area contributed by atoms with Gasteiger partial charge < -0.3 is 4.90 Å². The number of nitrogens with one attached hydrogen (secondary N) is 1. The number of carbonyl (C=O) groups is 1. The topological polar surface area (TPSA) is 78.7 Å². The van der Waals surface area contributed by atoms with Crippen molar-refractivity contribution in [1.29, 1.82) is 0 Å². The van der Waals surface area contributed by atoms with Crippen LogP contribution in [0, 0.1) is 17.0 Å². The number of para-hydroxylation sites is 1. The molecule has 2 aliphatic rings. The second kappa shape index (κ2) is 7.43. The summed E-state index contributed by atoms with van der Waals surface area (Å²) < 4.78 is 0. The second-order valence-corrected chi connectivity index (χ2v) is 8.00. The minimum atomic E-state index is -0.433. The average Bonchev–Trinajstić information content (AvgIpc) is 3.07. The number of carbonyl (C=O) groups excluding carboxylic acids is 1. The van der Waals surface area contributed by atoms with Crippen LogP contribution < -0.4 is 10.3 Å². The summed E-state index contributed by atoms with van der Waals surface area (Å²) in [7, 11) is 0. The lowest BCUT2D eigenvalue weighted by molar-refractivity contribution is -0.384. The first-order valence-electron chi connectivity index (χ1n) is 10.3. The molecule has 0 aromatic heterocycles. The molecule has 31 heavy (non-hydrogen) atoms. The zero-order valence-electron chi connectivity index (χ0n) is 17.1. The van der Waals surface area contributed by atoms with Gasteiger partial charge in [0.25, 0.3) is 11.6 Å². The zero-order chi connectivity index (χ0) is 21.5. The van der Waals surface area contributed by atoms with E-state index in [-0.39, 0.29) is 23.8 Å². The highest BCUT2D eigenvalue weighted by atomic mass is 16.6. The van der Waals surface area contributed by atoms with Gasteiger partial charge in [0.05, 0.1) is 10.6 Å². The number of aryl methyl sites for hydroxylation is 2. The minimum absolute atomic E-state index is 0.00145. The molecule has 0 saturated carbocycles. The molecule has 3 aromatic rings. The number of rotatable bonds is 4. The van der Waals surface area contributed by atoms with Gasteiger partial charge in [0.15, 0.2) is 6.17 Å². The summed E-state index contributed by atoms with van der Waals surface area (Å²) in [6.45, 7) is 2.04. The molecule has 1 fully saturated rings. The zero-order valence-corrected chi connectivity index (χ0v) is 17.1. The van der Waals surface area contributed by atoms with E-state index in [1.807, 2.05) is 31.2 Å². The Balaban J connectivity index is 1.57. The summed E-state index contributed by atoms with van der Waals surface area (Å²) in [6.07, 6.45) is 1.28. The van der Waals surface area contributed by atoms with Gasteiger partial charge in [0.1, 0.15) is 6.04 Å². The number of anilines is 2. The molecule has 1 amide bonds. The molecular formula is C24H22N4O3. The van der Waals surface area contributed by atoms with Crippen molar-refractivity contribution in [3.05, 3.63) is 99.6 Å². The molecular weight excluding hydrogens is 392 g/mol. The number of hydrogen-bond donors (Lipinski definition) is 1. The molecule has 0 radical (unpaired) electrons. The number of hydrazine groups is 1. The lowest BCUT2D eigenvalue weighted by Crippen LogP contribution is -2.38. The van der Waals surface area contributed by atoms with Gasteiger partial charge in [-0.2, -0.15) is 0 Å². The summed E-state index contributed by atoms with van der Waals surface area (Å²) in [5.41, 5.74) is 8.34. The molecule has 1 saturated heterocycles. The van der Waals surface area contributed by atoms with E-state index in [9.17, 15) is 14.9 Å². The first kappa shape index (κ1) is 19.1. The number of nitro benzene ring substituents is 1. The Morgan fingerprint density at radius 3 is 2.42 bits per heavy atom. The standard InChI is InChI=1S/C24H22N4O3/c1-16-6-8-18(9-7-16)23-26-21-5-3-2-4-17(21)10-15-22(26)24(29)27(23)25-19-11-13-20(14-12-19)28(30)31/h2-9,11-14,22-23,25H,10,15H2,1H3/t22?,23-/m1/s1. The predicted molar refractivity (Wildman–Crippen MR) is 119 cm³/mol. The van der Waals surface area contributed by atoms with E-state index in [1.54, 1.807) is 17.1 Å². The van der Waals surface area contributed by atoms with Crippen molar-refractivity contribution in [3.8, 4) is 0 Å². The van der Waals surface area contributed by atoms with Crippen molar-refractivity contribution in [1.82, 2.24) is 5.01 Å². The Morgan fingerprint density at radius 1 is 1.00 bits per heavy atom. The third kappa shape index (κ3) is 3.28. The highest BCUT2D eigenvalue weighted by Gasteiger charge is 2.49. The molecule has 7 heteroatoms. The summed E-state index contributed by atoms with van der Waals surface area (Å²) in [5, 5.41) is 12.6. The van der Waals surface area contributed by atoms with Crippen LogP contribution in [0.5, 0.6) is 0 Å². The van der Waals surface area contributed by atoms with Crippen LogP contribution in [0.4, 0.5) is 17.1 Å². The monoisotopic (exact) mass is 414 g/mol. The second-order valence-electron chi connectivity index (χ2n) is 8.00. The fourth-order valence-electron chi connectivity index (χ4n) is 4.48. The number of nitrogens with zero attached hydrogens (tertiary/aromatic N) is 3. The lowest BCUT2D eigenvalue weighted by Gasteiger charge is -2.37. The van der Waals surface area contributed by atoms with E-state index in [1.165, 1.54) is 17.7 Å². The van der Waals surface area contributed by atoms with Crippen LogP contribution in [0.25, 0.3) is 0 Å². The first-order valence-corrected chi connectivity index (χ1v) is 10.3. The molecule has 1 unspecified atom stereocenters. The Bertz CT molecular complexity index is 1140. The van der Waals surface area contributed by atoms with Crippen molar-refractivity contribution in [2.24, 2.45) is 0 Å². The molecule has 2 heterocycles. The largest absolute Gasteiger partial charge is 0.333 e. The number of fused-ring (bicyclic) bond motifs is 3. The normalized spacial score (nSPS) is 19.7. The summed E-state index contributed by atoms with van der Waals surface area (Å²) in [5.74, 6) is -0.00145. The molecule has 1 N–H and O–H groups in total. The van der Waals surface area contributed by atoms with Crippen LogP contribution in [-0.4, -0.2) is 21.9 Å². The number of benzene rings is 3. The average molecular weight is 414 g/mol.